The van der Waals surface area contributed by atoms with E-state index in [0.29, 0.717) is 39.8 Å². The first-order valence-corrected chi connectivity index (χ1v) is 12.7. The van der Waals surface area contributed by atoms with Gasteiger partial charge in [-0.3, -0.25) is 29.4 Å². The topological polar surface area (TPSA) is 134 Å². The fourth-order valence-corrected chi connectivity index (χ4v) is 6.23. The molecule has 200 valence electrons. The molecule has 38 heavy (non-hydrogen) atoms. The molecule has 2 saturated heterocycles. The molecule has 3 aliphatic rings. The Morgan fingerprint density at radius 2 is 1.84 bits per heavy atom. The van der Waals surface area contributed by atoms with Gasteiger partial charge in [0.05, 0.1) is 31.7 Å². The van der Waals surface area contributed by atoms with Gasteiger partial charge in [0.2, 0.25) is 17.7 Å². The number of nitrogens with one attached hydrogen (secondary N) is 2. The summed E-state index contributed by atoms with van der Waals surface area (Å²) in [6, 6.07) is 8.05. The fourth-order valence-electron chi connectivity index (χ4n) is 6.07. The van der Waals surface area contributed by atoms with Gasteiger partial charge in [0.1, 0.15) is 5.54 Å². The fraction of sp³-hybridized carbons (Fsp3) is 0.407. The number of rotatable bonds is 8. The molecule has 2 fully saturated rings. The molecule has 0 aromatic heterocycles. The number of ether oxygens (including phenoxy) is 2. The second kappa shape index (κ2) is 9.59. The van der Waals surface area contributed by atoms with Gasteiger partial charge < -0.3 is 19.9 Å². The van der Waals surface area contributed by atoms with Crippen LogP contribution in [0.2, 0.25) is 5.02 Å². The first-order chi connectivity index (χ1) is 18.1. The van der Waals surface area contributed by atoms with E-state index in [1.165, 1.54) is 19.1 Å². The Hall–Kier alpha value is -3.63. The van der Waals surface area contributed by atoms with Crippen LogP contribution in [0.15, 0.2) is 30.3 Å². The largest absolute Gasteiger partial charge is 0.493 e. The molecule has 0 saturated carbocycles. The summed E-state index contributed by atoms with van der Waals surface area (Å²) in [7, 11) is 3.06. The molecule has 1 spiro atoms. The SMILES string of the molecule is COc1ccc(CCN2C(=O)[C@@H]3[C@H](CCC(=O)O)N[C@@]4(C(=O)Nc5c4ccc(Cl)c5C)[C@@H]3C2=O)cc1OC. The summed E-state index contributed by atoms with van der Waals surface area (Å²) in [6.45, 7) is 1.88. The summed E-state index contributed by atoms with van der Waals surface area (Å²) in [4.78, 5) is 53.7. The van der Waals surface area contributed by atoms with Gasteiger partial charge in [-0.1, -0.05) is 23.7 Å². The quantitative estimate of drug-likeness (QED) is 0.434. The van der Waals surface area contributed by atoms with Crippen LogP contribution in [-0.4, -0.2) is 60.5 Å². The van der Waals surface area contributed by atoms with Crippen molar-refractivity contribution in [1.82, 2.24) is 10.2 Å². The maximum absolute atomic E-state index is 13.9. The Kier molecular flexibility index (Phi) is 6.56. The van der Waals surface area contributed by atoms with E-state index >= 15 is 0 Å². The molecule has 0 bridgehead atoms. The van der Waals surface area contributed by atoms with Gasteiger partial charge >= 0.3 is 5.97 Å². The molecular weight excluding hydrogens is 514 g/mol. The Labute approximate surface area is 224 Å². The van der Waals surface area contributed by atoms with E-state index in [0.717, 1.165) is 5.56 Å². The molecule has 3 amide bonds. The highest BCUT2D eigenvalue weighted by atomic mass is 35.5. The van der Waals surface area contributed by atoms with Crippen LogP contribution in [0, 0.1) is 18.8 Å². The van der Waals surface area contributed by atoms with E-state index in [1.54, 1.807) is 31.2 Å². The van der Waals surface area contributed by atoms with Gasteiger partial charge in [-0.25, -0.2) is 0 Å². The third kappa shape index (κ3) is 3.82. The van der Waals surface area contributed by atoms with Crippen molar-refractivity contribution >= 4 is 41.0 Å². The zero-order chi connectivity index (χ0) is 27.4. The lowest BCUT2D eigenvalue weighted by Gasteiger charge is -2.29. The molecule has 2 aromatic rings. The van der Waals surface area contributed by atoms with Crippen molar-refractivity contribution in [2.45, 2.75) is 37.8 Å². The number of hydrogen-bond donors (Lipinski definition) is 3. The van der Waals surface area contributed by atoms with Crippen LogP contribution in [0.5, 0.6) is 11.5 Å². The van der Waals surface area contributed by atoms with Crippen molar-refractivity contribution in [3.63, 3.8) is 0 Å². The predicted octanol–water partition coefficient (Wildman–Crippen LogP) is 2.49. The molecule has 3 N–H and O–H groups in total. The highest BCUT2D eigenvalue weighted by Crippen LogP contribution is 2.54. The lowest BCUT2D eigenvalue weighted by Crippen LogP contribution is -2.53. The number of benzene rings is 2. The molecule has 10 nitrogen and oxygen atoms in total. The summed E-state index contributed by atoms with van der Waals surface area (Å²) in [5.41, 5.74) is 1.05. The maximum atomic E-state index is 13.9. The Morgan fingerprint density at radius 3 is 2.53 bits per heavy atom. The van der Waals surface area contributed by atoms with Crippen LogP contribution in [-0.2, 0) is 31.1 Å². The molecule has 3 aliphatic heterocycles. The van der Waals surface area contributed by atoms with Crippen LogP contribution in [0.1, 0.15) is 29.5 Å². The van der Waals surface area contributed by atoms with E-state index in [1.807, 2.05) is 6.07 Å². The molecule has 5 rings (SSSR count). The number of amides is 3. The second-order valence-electron chi connectivity index (χ2n) is 9.81. The summed E-state index contributed by atoms with van der Waals surface area (Å²) >= 11 is 6.29. The minimum atomic E-state index is -1.50. The summed E-state index contributed by atoms with van der Waals surface area (Å²) in [6.07, 6.45) is 0.253. The number of carbonyl (C=O) groups excluding carboxylic acids is 3. The number of nitrogens with zero attached hydrogens (tertiary/aromatic N) is 1. The normalized spacial score (nSPS) is 25.5. The number of likely N-dealkylation sites (tertiary alicyclic amines) is 1. The lowest BCUT2D eigenvalue weighted by molar-refractivity contribution is -0.143. The average molecular weight is 542 g/mol. The van der Waals surface area contributed by atoms with Crippen molar-refractivity contribution < 1.29 is 33.8 Å². The molecule has 0 aliphatic carbocycles. The van der Waals surface area contributed by atoms with Crippen LogP contribution in [0.25, 0.3) is 0 Å². The number of imide groups is 1. The Morgan fingerprint density at radius 1 is 1.11 bits per heavy atom. The number of anilines is 1. The molecule has 0 radical (unpaired) electrons. The second-order valence-corrected chi connectivity index (χ2v) is 10.2. The van der Waals surface area contributed by atoms with Crippen molar-refractivity contribution in [1.29, 1.82) is 0 Å². The van der Waals surface area contributed by atoms with Crippen molar-refractivity contribution in [3.8, 4) is 11.5 Å². The molecule has 2 aromatic carbocycles. The number of halogens is 1. The first-order valence-electron chi connectivity index (χ1n) is 12.3. The highest BCUT2D eigenvalue weighted by Gasteiger charge is 2.70. The van der Waals surface area contributed by atoms with E-state index in [2.05, 4.69) is 10.6 Å². The monoisotopic (exact) mass is 541 g/mol. The number of carbonyl (C=O) groups is 4. The molecular formula is C27H28ClN3O7. The van der Waals surface area contributed by atoms with Crippen LogP contribution in [0.3, 0.4) is 0 Å². The number of carboxylic acids is 1. The predicted molar refractivity (Wildman–Crippen MR) is 137 cm³/mol. The summed E-state index contributed by atoms with van der Waals surface area (Å²) in [5, 5.41) is 15.9. The van der Waals surface area contributed by atoms with Gasteiger partial charge in [0.25, 0.3) is 0 Å². The van der Waals surface area contributed by atoms with Gasteiger partial charge in [-0.2, -0.15) is 0 Å². The van der Waals surface area contributed by atoms with Crippen molar-refractivity contribution in [2.75, 3.05) is 26.1 Å². The number of methoxy groups -OCH3 is 2. The van der Waals surface area contributed by atoms with E-state index in [-0.39, 0.29) is 19.4 Å². The number of fused-ring (bicyclic) bond motifs is 4. The number of hydrogen-bond acceptors (Lipinski definition) is 7. The van der Waals surface area contributed by atoms with Gasteiger partial charge in [0.15, 0.2) is 11.5 Å². The molecule has 4 atom stereocenters. The van der Waals surface area contributed by atoms with Crippen molar-refractivity contribution in [3.05, 3.63) is 52.0 Å². The van der Waals surface area contributed by atoms with E-state index in [4.69, 9.17) is 21.1 Å². The Bertz CT molecular complexity index is 1360. The maximum Gasteiger partial charge on any atom is 0.303 e. The molecule has 11 heteroatoms. The van der Waals surface area contributed by atoms with Crippen LogP contribution in [0.4, 0.5) is 5.69 Å². The third-order valence-electron chi connectivity index (χ3n) is 7.92. The smallest absolute Gasteiger partial charge is 0.303 e. The third-order valence-corrected chi connectivity index (χ3v) is 8.33. The van der Waals surface area contributed by atoms with Gasteiger partial charge in [-0.15, -0.1) is 0 Å². The first kappa shape index (κ1) is 26.0. The van der Waals surface area contributed by atoms with E-state index < -0.39 is 47.1 Å². The minimum absolute atomic E-state index is 0.0932. The number of aliphatic carboxylic acids is 1. The standard InChI is InChI=1S/C27H28ClN3O7/c1-13-16(28)6-5-15-23(13)29-26(36)27(15)22-21(17(30-27)7-9-20(32)33)24(34)31(25(22)35)11-10-14-4-8-18(37-2)19(12-14)38-3/h4-6,8,12,17,21-22,30H,7,9-11H2,1-3H3,(H,29,36)(H,32,33)/t17-,21+,22-,27+/m0/s1. The summed E-state index contributed by atoms with van der Waals surface area (Å²) in [5.74, 6) is -3.13. The van der Waals surface area contributed by atoms with Crippen molar-refractivity contribution in [2.24, 2.45) is 11.8 Å². The molecule has 0 unspecified atom stereocenters. The average Bonchev–Trinajstić information content (AvgIpc) is 3.48. The summed E-state index contributed by atoms with van der Waals surface area (Å²) < 4.78 is 10.6. The minimum Gasteiger partial charge on any atom is -0.493 e. The van der Waals surface area contributed by atoms with Crippen LogP contribution < -0.4 is 20.1 Å². The molecule has 3 heterocycles. The zero-order valence-corrected chi connectivity index (χ0v) is 21.9. The van der Waals surface area contributed by atoms with E-state index in [9.17, 15) is 24.3 Å². The zero-order valence-electron chi connectivity index (χ0n) is 21.2. The highest BCUT2D eigenvalue weighted by molar-refractivity contribution is 6.32. The van der Waals surface area contributed by atoms with Crippen LogP contribution >= 0.6 is 11.6 Å². The lowest BCUT2D eigenvalue weighted by atomic mass is 9.76. The number of carboxylic acid groups (broad SMARTS) is 1. The Balaban J connectivity index is 1.50. The van der Waals surface area contributed by atoms with Gasteiger partial charge in [0, 0.05) is 29.6 Å². The van der Waals surface area contributed by atoms with Gasteiger partial charge in [-0.05, 0) is 49.1 Å².